The second-order valence-corrected chi connectivity index (χ2v) is 5.85. The van der Waals surface area contributed by atoms with Gasteiger partial charge in [0, 0.05) is 25.2 Å². The number of nitrogens with one attached hydrogen (secondary N) is 1. The van der Waals surface area contributed by atoms with Crippen LogP contribution in [0.25, 0.3) is 0 Å². The minimum absolute atomic E-state index is 0.0332. The van der Waals surface area contributed by atoms with Crippen molar-refractivity contribution in [2.24, 2.45) is 4.99 Å². The predicted octanol–water partition coefficient (Wildman–Crippen LogP) is 1.59. The number of nitrogen functional groups attached to an aromatic ring is 1. The van der Waals surface area contributed by atoms with E-state index in [9.17, 15) is 9.59 Å². The Morgan fingerprint density at radius 1 is 1.20 bits per heavy atom. The van der Waals surface area contributed by atoms with Gasteiger partial charge in [-0.25, -0.2) is 4.98 Å². The molecule has 2 aromatic heterocycles. The van der Waals surface area contributed by atoms with Gasteiger partial charge >= 0.3 is 0 Å². The molecule has 3 heterocycles. The molecule has 0 spiro atoms. The maximum absolute atomic E-state index is 12.3. The van der Waals surface area contributed by atoms with Gasteiger partial charge in [0.1, 0.15) is 5.82 Å². The first-order valence-corrected chi connectivity index (χ1v) is 8.08. The van der Waals surface area contributed by atoms with Gasteiger partial charge in [0.25, 0.3) is 0 Å². The van der Waals surface area contributed by atoms with Gasteiger partial charge in [-0.1, -0.05) is 0 Å². The number of carbonyl (C=O) groups excluding carboxylic acids is 2. The van der Waals surface area contributed by atoms with Crippen molar-refractivity contribution in [3.63, 3.8) is 0 Å². The van der Waals surface area contributed by atoms with Gasteiger partial charge in [0.15, 0.2) is 11.6 Å². The Kier molecular flexibility index (Phi) is 5.13. The molecule has 1 aliphatic rings. The molecule has 7 nitrogen and oxygen atoms in total. The van der Waals surface area contributed by atoms with Crippen LogP contribution in [-0.4, -0.2) is 33.8 Å². The Balaban J connectivity index is 1.62. The molecule has 3 N–H and O–H groups in total. The maximum Gasteiger partial charge on any atom is 0.180 e. The van der Waals surface area contributed by atoms with Crippen molar-refractivity contribution in [3.05, 3.63) is 47.9 Å². The van der Waals surface area contributed by atoms with Crippen molar-refractivity contribution >= 4 is 28.8 Å². The summed E-state index contributed by atoms with van der Waals surface area (Å²) < 4.78 is 0. The van der Waals surface area contributed by atoms with Crippen molar-refractivity contribution < 1.29 is 9.59 Å². The van der Waals surface area contributed by atoms with Crippen LogP contribution < -0.4 is 11.1 Å². The molecule has 1 aliphatic heterocycles. The molecule has 0 radical (unpaired) electrons. The largest absolute Gasteiger partial charge is 0.382 e. The average Bonchev–Trinajstić information content (AvgIpc) is 2.62. The van der Waals surface area contributed by atoms with Crippen LogP contribution in [0.4, 0.5) is 11.5 Å². The number of anilines is 2. The molecule has 25 heavy (non-hydrogen) atoms. The maximum atomic E-state index is 12.3. The lowest BCUT2D eigenvalue weighted by Crippen LogP contribution is -2.23. The van der Waals surface area contributed by atoms with E-state index in [0.29, 0.717) is 30.9 Å². The minimum atomic E-state index is -0.0332. The van der Waals surface area contributed by atoms with Crippen LogP contribution in [0.3, 0.4) is 0 Å². The van der Waals surface area contributed by atoms with Crippen LogP contribution in [-0.2, 0) is 22.6 Å². The van der Waals surface area contributed by atoms with Gasteiger partial charge in [-0.2, -0.15) is 0 Å². The normalized spacial score (nSPS) is 14.1. The zero-order valence-electron chi connectivity index (χ0n) is 13.7. The summed E-state index contributed by atoms with van der Waals surface area (Å²) in [5, 5.41) is 3.18. The summed E-state index contributed by atoms with van der Waals surface area (Å²) in [4.78, 5) is 35.9. The highest BCUT2D eigenvalue weighted by molar-refractivity contribution is 6.41. The molecule has 0 saturated carbocycles. The third-order valence-corrected chi connectivity index (χ3v) is 3.95. The molecular weight excluding hydrogens is 318 g/mol. The number of hydrogen-bond donors (Lipinski definition) is 2. The summed E-state index contributed by atoms with van der Waals surface area (Å²) in [6, 6.07) is 7.34. The van der Waals surface area contributed by atoms with Gasteiger partial charge in [-0.3, -0.25) is 19.6 Å². The average molecular weight is 337 g/mol. The van der Waals surface area contributed by atoms with E-state index in [0.717, 1.165) is 16.9 Å². The lowest BCUT2D eigenvalue weighted by Gasteiger charge is -2.11. The molecule has 0 unspecified atom stereocenters. The molecule has 2 aromatic rings. The van der Waals surface area contributed by atoms with E-state index in [2.05, 4.69) is 20.3 Å². The Morgan fingerprint density at radius 2 is 2.08 bits per heavy atom. The zero-order chi connectivity index (χ0) is 17.6. The van der Waals surface area contributed by atoms with Crippen LogP contribution in [0.15, 0.2) is 41.7 Å². The minimum Gasteiger partial charge on any atom is -0.382 e. The highest BCUT2D eigenvalue weighted by atomic mass is 16.1. The number of aliphatic imine (C=N–C) groups is 1. The fourth-order valence-corrected chi connectivity index (χ4v) is 2.60. The lowest BCUT2D eigenvalue weighted by molar-refractivity contribution is -0.117. The van der Waals surface area contributed by atoms with Crippen LogP contribution >= 0.6 is 0 Å². The molecular formula is C18H19N5O2. The van der Waals surface area contributed by atoms with Crippen molar-refractivity contribution in [1.29, 1.82) is 0 Å². The number of carbonyl (C=O) groups is 2. The number of nitrogens with two attached hydrogens (primary N) is 1. The quantitative estimate of drug-likeness (QED) is 0.828. The molecule has 0 bridgehead atoms. The van der Waals surface area contributed by atoms with Crippen LogP contribution in [0.2, 0.25) is 0 Å². The van der Waals surface area contributed by atoms with Crippen molar-refractivity contribution in [3.8, 4) is 0 Å². The highest BCUT2D eigenvalue weighted by Gasteiger charge is 2.18. The zero-order valence-corrected chi connectivity index (χ0v) is 13.7. The van der Waals surface area contributed by atoms with E-state index in [1.807, 2.05) is 18.2 Å². The topological polar surface area (TPSA) is 110 Å². The summed E-state index contributed by atoms with van der Waals surface area (Å²) in [7, 11) is 0. The first-order chi connectivity index (χ1) is 12.1. The molecule has 0 amide bonds. The number of rotatable bonds is 6. The molecule has 0 saturated heterocycles. The number of Topliss-reactive ketones (excluding diaryl/α,β-unsaturated/α-hetero) is 2. The number of ketones is 2. The Morgan fingerprint density at radius 3 is 2.84 bits per heavy atom. The first kappa shape index (κ1) is 16.8. The number of nitrogens with zero attached hydrogens (tertiary/aromatic N) is 3. The van der Waals surface area contributed by atoms with Crippen LogP contribution in [0.5, 0.6) is 0 Å². The lowest BCUT2D eigenvalue weighted by atomic mass is 10.00. The van der Waals surface area contributed by atoms with E-state index in [1.165, 1.54) is 0 Å². The van der Waals surface area contributed by atoms with Crippen molar-refractivity contribution in [2.45, 2.75) is 25.8 Å². The Bertz CT molecular complexity index is 832. The molecule has 3 rings (SSSR count). The fourth-order valence-electron chi connectivity index (χ4n) is 2.60. The second kappa shape index (κ2) is 7.65. The Labute approximate surface area is 145 Å². The van der Waals surface area contributed by atoms with Crippen LogP contribution in [0, 0.1) is 0 Å². The van der Waals surface area contributed by atoms with Crippen molar-refractivity contribution in [2.75, 3.05) is 17.6 Å². The number of hydrogen-bond acceptors (Lipinski definition) is 7. The number of aromatic nitrogens is 2. The monoisotopic (exact) mass is 337 g/mol. The standard InChI is InChI=1S/C18H19N5O2/c19-18-16(2-1-6-21-18)22-10-13-8-12(5-7-20-13)9-17(25)15-4-3-14(24)11-23-15/h1-2,5-8,22H,3-4,9-11H2,(H2,19,21). The molecule has 0 aliphatic carbocycles. The summed E-state index contributed by atoms with van der Waals surface area (Å²) in [6.45, 7) is 0.604. The third-order valence-electron chi connectivity index (χ3n) is 3.95. The summed E-state index contributed by atoms with van der Waals surface area (Å²) >= 11 is 0. The van der Waals surface area contributed by atoms with Gasteiger partial charge in [0.2, 0.25) is 0 Å². The van der Waals surface area contributed by atoms with E-state index < -0.39 is 0 Å². The third kappa shape index (κ3) is 4.47. The molecule has 0 fully saturated rings. The SMILES string of the molecule is Nc1ncccc1NCc1cc(CC(=O)C2=NCC(=O)CC2)ccn1. The fraction of sp³-hybridized carbons (Fsp3) is 0.278. The molecule has 7 heteroatoms. The summed E-state index contributed by atoms with van der Waals surface area (Å²) in [6.07, 6.45) is 4.42. The van der Waals surface area contributed by atoms with Crippen LogP contribution in [0.1, 0.15) is 24.1 Å². The summed E-state index contributed by atoms with van der Waals surface area (Å²) in [5.41, 5.74) is 8.72. The van der Waals surface area contributed by atoms with Crippen molar-refractivity contribution in [1.82, 2.24) is 9.97 Å². The van der Waals surface area contributed by atoms with Gasteiger partial charge in [-0.05, 0) is 36.2 Å². The first-order valence-electron chi connectivity index (χ1n) is 8.08. The Hall–Kier alpha value is -3.09. The van der Waals surface area contributed by atoms with Gasteiger partial charge in [0.05, 0.1) is 30.2 Å². The van der Waals surface area contributed by atoms with Gasteiger partial charge in [-0.15, -0.1) is 0 Å². The molecule has 128 valence electrons. The highest BCUT2D eigenvalue weighted by Crippen LogP contribution is 2.15. The number of pyridine rings is 2. The second-order valence-electron chi connectivity index (χ2n) is 5.85. The van der Waals surface area contributed by atoms with E-state index in [1.54, 1.807) is 18.5 Å². The van der Waals surface area contributed by atoms with E-state index >= 15 is 0 Å². The van der Waals surface area contributed by atoms with E-state index in [-0.39, 0.29) is 24.5 Å². The predicted molar refractivity (Wildman–Crippen MR) is 95.5 cm³/mol. The van der Waals surface area contributed by atoms with Gasteiger partial charge < -0.3 is 11.1 Å². The van der Waals surface area contributed by atoms with E-state index in [4.69, 9.17) is 5.73 Å². The smallest absolute Gasteiger partial charge is 0.180 e. The molecule has 0 atom stereocenters. The molecule has 0 aromatic carbocycles. The summed E-state index contributed by atoms with van der Waals surface area (Å²) in [5.74, 6) is 0.483.